The number of halogens is 1. The Hall–Kier alpha value is -1.32. The Balaban J connectivity index is 3.44. The predicted molar refractivity (Wildman–Crippen MR) is 48.3 cm³/mol. The van der Waals surface area contributed by atoms with Gasteiger partial charge >= 0.3 is 0 Å². The maximum Gasteiger partial charge on any atom is 0.101 e. The molecule has 12 heavy (non-hydrogen) atoms. The first kappa shape index (κ1) is 8.77. The Morgan fingerprint density at radius 1 is 1.17 bits per heavy atom. The van der Waals surface area contributed by atoms with Crippen LogP contribution < -0.4 is 0 Å². The van der Waals surface area contributed by atoms with E-state index >= 15 is 0 Å². The van der Waals surface area contributed by atoms with Crippen molar-refractivity contribution in [3.05, 3.63) is 33.3 Å². The van der Waals surface area contributed by atoms with E-state index in [4.69, 9.17) is 10.5 Å². The van der Waals surface area contributed by atoms with Gasteiger partial charge in [0.1, 0.15) is 12.1 Å². The highest BCUT2D eigenvalue weighted by Crippen LogP contribution is 2.20. The summed E-state index contributed by atoms with van der Waals surface area (Å²) in [6.45, 7) is 1.88. The summed E-state index contributed by atoms with van der Waals surface area (Å²) in [7, 11) is 0. The number of hydrogen-bond donors (Lipinski definition) is 0. The lowest BCUT2D eigenvalue weighted by Crippen LogP contribution is -1.86. The van der Waals surface area contributed by atoms with Gasteiger partial charge in [-0.1, -0.05) is 15.9 Å². The summed E-state index contributed by atoms with van der Waals surface area (Å²) >= 11 is 3.29. The topological polar surface area (TPSA) is 47.6 Å². The van der Waals surface area contributed by atoms with Crippen molar-refractivity contribution in [1.82, 2.24) is 0 Å². The molecular formula is C9H5BrN2. The van der Waals surface area contributed by atoms with Crippen LogP contribution in [-0.4, -0.2) is 0 Å². The molecule has 0 atom stereocenters. The van der Waals surface area contributed by atoms with Crippen molar-refractivity contribution in [2.45, 2.75) is 6.92 Å². The fourth-order valence-electron chi connectivity index (χ4n) is 0.867. The lowest BCUT2D eigenvalue weighted by atomic mass is 10.1. The van der Waals surface area contributed by atoms with Crippen molar-refractivity contribution in [1.29, 1.82) is 10.5 Å². The van der Waals surface area contributed by atoms with Gasteiger partial charge in [0.25, 0.3) is 0 Å². The van der Waals surface area contributed by atoms with Gasteiger partial charge in [0.2, 0.25) is 0 Å². The minimum Gasteiger partial charge on any atom is -0.192 e. The summed E-state index contributed by atoms with van der Waals surface area (Å²) < 4.78 is 0.859. The Labute approximate surface area is 79.2 Å². The van der Waals surface area contributed by atoms with Crippen LogP contribution in [-0.2, 0) is 0 Å². The van der Waals surface area contributed by atoms with Crippen LogP contribution in [0, 0.1) is 29.6 Å². The van der Waals surface area contributed by atoms with Gasteiger partial charge in [0, 0.05) is 4.47 Å². The first-order valence-electron chi connectivity index (χ1n) is 3.29. The lowest BCUT2D eigenvalue weighted by Gasteiger charge is -1.99. The van der Waals surface area contributed by atoms with E-state index < -0.39 is 0 Å². The molecule has 0 fully saturated rings. The van der Waals surface area contributed by atoms with E-state index in [1.165, 1.54) is 0 Å². The summed E-state index contributed by atoms with van der Waals surface area (Å²) in [5.74, 6) is 0. The standard InChI is InChI=1S/C9H5BrN2/c1-6-2-7(4-11)8(5-12)3-9(6)10/h2-3H,1H3. The fraction of sp³-hybridized carbons (Fsp3) is 0.111. The molecule has 58 valence electrons. The van der Waals surface area contributed by atoms with Crippen LogP contribution in [0.15, 0.2) is 16.6 Å². The van der Waals surface area contributed by atoms with Crippen molar-refractivity contribution in [2.24, 2.45) is 0 Å². The van der Waals surface area contributed by atoms with Gasteiger partial charge in [-0.25, -0.2) is 0 Å². The summed E-state index contributed by atoms with van der Waals surface area (Å²) in [5.41, 5.74) is 1.80. The SMILES string of the molecule is Cc1cc(C#N)c(C#N)cc1Br. The van der Waals surface area contributed by atoms with Crippen molar-refractivity contribution >= 4 is 15.9 Å². The average Bonchev–Trinajstić information content (AvgIpc) is 2.09. The molecule has 0 spiro atoms. The van der Waals surface area contributed by atoms with Crippen molar-refractivity contribution in [3.63, 3.8) is 0 Å². The zero-order valence-electron chi connectivity index (χ0n) is 6.43. The number of nitrogens with zero attached hydrogens (tertiary/aromatic N) is 2. The van der Waals surface area contributed by atoms with Crippen molar-refractivity contribution < 1.29 is 0 Å². The number of aryl methyl sites for hydroxylation is 1. The van der Waals surface area contributed by atoms with Crippen LogP contribution >= 0.6 is 15.9 Å². The quantitative estimate of drug-likeness (QED) is 0.675. The highest BCUT2D eigenvalue weighted by molar-refractivity contribution is 9.10. The van der Waals surface area contributed by atoms with E-state index in [1.807, 2.05) is 19.1 Å². The minimum absolute atomic E-state index is 0.412. The van der Waals surface area contributed by atoms with Crippen LogP contribution in [0.2, 0.25) is 0 Å². The largest absolute Gasteiger partial charge is 0.192 e. The zero-order chi connectivity index (χ0) is 9.14. The number of hydrogen-bond acceptors (Lipinski definition) is 2. The molecule has 0 heterocycles. The second-order valence-electron chi connectivity index (χ2n) is 2.37. The molecular weight excluding hydrogens is 216 g/mol. The molecule has 0 aliphatic carbocycles. The summed E-state index contributed by atoms with van der Waals surface area (Å²) in [6.07, 6.45) is 0. The maximum atomic E-state index is 8.65. The molecule has 0 saturated heterocycles. The molecule has 1 aromatic rings. The maximum absolute atomic E-state index is 8.65. The van der Waals surface area contributed by atoms with E-state index in [-0.39, 0.29) is 0 Å². The smallest absolute Gasteiger partial charge is 0.101 e. The van der Waals surface area contributed by atoms with Crippen molar-refractivity contribution in [2.75, 3.05) is 0 Å². The Kier molecular flexibility index (Phi) is 2.47. The Bertz CT molecular complexity index is 357. The molecule has 0 unspecified atom stereocenters. The molecule has 0 N–H and O–H groups in total. The molecule has 0 aliphatic rings. The number of rotatable bonds is 0. The molecule has 0 radical (unpaired) electrons. The van der Waals surface area contributed by atoms with Gasteiger partial charge in [-0.3, -0.25) is 0 Å². The van der Waals surface area contributed by atoms with Gasteiger partial charge in [-0.2, -0.15) is 10.5 Å². The van der Waals surface area contributed by atoms with Gasteiger partial charge < -0.3 is 0 Å². The third kappa shape index (κ3) is 1.47. The van der Waals surface area contributed by atoms with E-state index in [2.05, 4.69) is 15.9 Å². The zero-order valence-corrected chi connectivity index (χ0v) is 8.01. The number of nitriles is 2. The monoisotopic (exact) mass is 220 g/mol. The van der Waals surface area contributed by atoms with E-state index in [0.717, 1.165) is 10.0 Å². The normalized spacial score (nSPS) is 8.67. The molecule has 0 aliphatic heterocycles. The first-order chi connectivity index (χ1) is 5.69. The molecule has 3 heteroatoms. The van der Waals surface area contributed by atoms with E-state index in [9.17, 15) is 0 Å². The first-order valence-corrected chi connectivity index (χ1v) is 4.08. The van der Waals surface area contributed by atoms with Gasteiger partial charge in [-0.05, 0) is 24.6 Å². The second-order valence-corrected chi connectivity index (χ2v) is 3.22. The van der Waals surface area contributed by atoms with Gasteiger partial charge in [0.15, 0.2) is 0 Å². The Morgan fingerprint density at radius 2 is 1.67 bits per heavy atom. The summed E-state index contributed by atoms with van der Waals surface area (Å²) in [4.78, 5) is 0. The highest BCUT2D eigenvalue weighted by atomic mass is 79.9. The number of benzene rings is 1. The van der Waals surface area contributed by atoms with Gasteiger partial charge in [0.05, 0.1) is 11.1 Å². The van der Waals surface area contributed by atoms with Crippen LogP contribution in [0.5, 0.6) is 0 Å². The molecule has 0 saturated carbocycles. The van der Waals surface area contributed by atoms with Crippen LogP contribution in [0.3, 0.4) is 0 Å². The third-order valence-electron chi connectivity index (χ3n) is 1.54. The molecule has 2 nitrogen and oxygen atoms in total. The van der Waals surface area contributed by atoms with E-state index in [1.54, 1.807) is 12.1 Å². The second kappa shape index (κ2) is 3.38. The third-order valence-corrected chi connectivity index (χ3v) is 2.39. The predicted octanol–water partition coefficient (Wildman–Crippen LogP) is 2.50. The molecule has 0 bridgehead atoms. The lowest BCUT2D eigenvalue weighted by molar-refractivity contribution is 1.36. The van der Waals surface area contributed by atoms with Crippen LogP contribution in [0.4, 0.5) is 0 Å². The highest BCUT2D eigenvalue weighted by Gasteiger charge is 2.03. The molecule has 1 aromatic carbocycles. The fourth-order valence-corrected chi connectivity index (χ4v) is 1.21. The summed E-state index contributed by atoms with van der Waals surface area (Å²) in [5, 5.41) is 17.3. The average molecular weight is 221 g/mol. The van der Waals surface area contributed by atoms with Crippen LogP contribution in [0.25, 0.3) is 0 Å². The molecule has 0 aromatic heterocycles. The Morgan fingerprint density at radius 3 is 2.17 bits per heavy atom. The van der Waals surface area contributed by atoms with Crippen LogP contribution in [0.1, 0.15) is 16.7 Å². The minimum atomic E-state index is 0.412. The van der Waals surface area contributed by atoms with Gasteiger partial charge in [-0.15, -0.1) is 0 Å². The summed E-state index contributed by atoms with van der Waals surface area (Å²) in [6, 6.07) is 7.29. The molecule has 0 amide bonds. The van der Waals surface area contributed by atoms with Crippen molar-refractivity contribution in [3.8, 4) is 12.1 Å². The van der Waals surface area contributed by atoms with E-state index in [0.29, 0.717) is 11.1 Å². The molecule has 1 rings (SSSR count).